The number of aliphatic hydroxyl groups excluding tert-OH is 1. The normalized spacial score (nSPS) is 15.1. The molecular formula is C54H104O17P2. The van der Waals surface area contributed by atoms with E-state index in [0.717, 1.165) is 109 Å². The summed E-state index contributed by atoms with van der Waals surface area (Å²) in [5.74, 6) is -0.0998. The van der Waals surface area contributed by atoms with E-state index in [1.165, 1.54) is 44.9 Å². The Morgan fingerprint density at radius 3 is 1.04 bits per heavy atom. The number of phosphoric acid groups is 2. The minimum atomic E-state index is -4.93. The van der Waals surface area contributed by atoms with Crippen molar-refractivity contribution in [3.8, 4) is 0 Å². The molecule has 0 radical (unpaired) electrons. The maximum absolute atomic E-state index is 12.9. The molecule has 17 nitrogen and oxygen atoms in total. The van der Waals surface area contributed by atoms with Crippen molar-refractivity contribution in [3.05, 3.63) is 0 Å². The van der Waals surface area contributed by atoms with Gasteiger partial charge >= 0.3 is 39.5 Å². The van der Waals surface area contributed by atoms with E-state index >= 15 is 0 Å². The Balaban J connectivity index is 5.21. The standard InChI is InChI=1S/C54H104O17P2/c1-8-10-11-18-28-35-51(56)64-41-49(70-53(58)37-30-23-16-13-20-26-33-46(5)6)43-68-72(60,61)66-39-48(55)40-67-73(62,63)69-44-50(42-65-52(57)36-29-22-15-12-19-25-32-45(3)4)71-54(59)38-31-24-17-14-21-27-34-47(7)9-2/h45-50,55H,8-44H2,1-7H3,(H,60,61)(H,62,63)/t47?,48-,49+,50+/m0/s1. The van der Waals surface area contributed by atoms with Gasteiger partial charge in [-0.3, -0.25) is 37.3 Å². The smallest absolute Gasteiger partial charge is 0.462 e. The van der Waals surface area contributed by atoms with E-state index < -0.39 is 97.5 Å². The van der Waals surface area contributed by atoms with Crippen molar-refractivity contribution in [2.24, 2.45) is 17.8 Å². The largest absolute Gasteiger partial charge is 0.472 e. The zero-order valence-corrected chi connectivity index (χ0v) is 48.4. The van der Waals surface area contributed by atoms with Crippen LogP contribution in [-0.4, -0.2) is 96.7 Å². The molecule has 0 aromatic rings. The van der Waals surface area contributed by atoms with Gasteiger partial charge < -0.3 is 33.8 Å². The second-order valence-corrected chi connectivity index (χ2v) is 23.7. The highest BCUT2D eigenvalue weighted by atomic mass is 31.2. The number of hydrogen-bond acceptors (Lipinski definition) is 15. The van der Waals surface area contributed by atoms with Crippen molar-refractivity contribution in [3.63, 3.8) is 0 Å². The van der Waals surface area contributed by atoms with Crippen molar-refractivity contribution in [2.45, 2.75) is 266 Å². The molecule has 0 heterocycles. The fourth-order valence-corrected chi connectivity index (χ4v) is 9.26. The molecule has 6 atom stereocenters. The third-order valence-electron chi connectivity index (χ3n) is 12.5. The first kappa shape index (κ1) is 71.1. The summed E-state index contributed by atoms with van der Waals surface area (Å²) in [5.41, 5.74) is 0. The average molecular weight is 1090 g/mol. The number of rotatable bonds is 52. The predicted octanol–water partition coefficient (Wildman–Crippen LogP) is 13.6. The molecule has 19 heteroatoms. The Kier molecular flexibility index (Phi) is 45.0. The zero-order valence-electron chi connectivity index (χ0n) is 46.6. The number of hydrogen-bond donors (Lipinski definition) is 3. The number of esters is 4. The third-order valence-corrected chi connectivity index (χ3v) is 14.4. The quantitative estimate of drug-likeness (QED) is 0.0222. The highest BCUT2D eigenvalue weighted by molar-refractivity contribution is 7.47. The number of ether oxygens (including phenoxy) is 4. The molecule has 3 N–H and O–H groups in total. The summed E-state index contributed by atoms with van der Waals surface area (Å²) < 4.78 is 67.3. The molecule has 432 valence electrons. The van der Waals surface area contributed by atoms with Gasteiger partial charge in [-0.25, -0.2) is 9.13 Å². The lowest BCUT2D eigenvalue weighted by atomic mass is 10.00. The summed E-state index contributed by atoms with van der Waals surface area (Å²) in [6.07, 6.45) is 23.3. The number of unbranched alkanes of at least 4 members (excludes halogenated alkanes) is 19. The molecular weight excluding hydrogens is 983 g/mol. The van der Waals surface area contributed by atoms with Crippen LogP contribution in [0.2, 0.25) is 0 Å². The first-order valence-electron chi connectivity index (χ1n) is 28.4. The molecule has 73 heavy (non-hydrogen) atoms. The molecule has 0 aliphatic heterocycles. The second kappa shape index (κ2) is 46.2. The minimum Gasteiger partial charge on any atom is -0.462 e. The van der Waals surface area contributed by atoms with E-state index in [1.807, 2.05) is 0 Å². The lowest BCUT2D eigenvalue weighted by Crippen LogP contribution is -2.30. The molecule has 0 spiro atoms. The van der Waals surface area contributed by atoms with Gasteiger partial charge in [-0.2, -0.15) is 0 Å². The molecule has 0 aliphatic carbocycles. The van der Waals surface area contributed by atoms with Crippen molar-refractivity contribution < 1.29 is 80.2 Å². The average Bonchev–Trinajstić information content (AvgIpc) is 3.34. The number of carbonyl (C=O) groups excluding carboxylic acids is 4. The second-order valence-electron chi connectivity index (χ2n) is 20.8. The molecule has 0 saturated heterocycles. The summed E-state index contributed by atoms with van der Waals surface area (Å²) in [5, 5.41) is 10.4. The number of aliphatic hydroxyl groups is 1. The summed E-state index contributed by atoms with van der Waals surface area (Å²) in [6, 6.07) is 0. The third kappa shape index (κ3) is 48.2. The van der Waals surface area contributed by atoms with Crippen LogP contribution in [0.15, 0.2) is 0 Å². The van der Waals surface area contributed by atoms with Gasteiger partial charge in [-0.1, -0.05) is 196 Å². The van der Waals surface area contributed by atoms with Crippen molar-refractivity contribution in [1.29, 1.82) is 0 Å². The van der Waals surface area contributed by atoms with Crippen LogP contribution in [0.1, 0.15) is 248 Å². The fourth-order valence-electron chi connectivity index (χ4n) is 7.68. The van der Waals surface area contributed by atoms with E-state index in [1.54, 1.807) is 0 Å². The van der Waals surface area contributed by atoms with E-state index in [-0.39, 0.29) is 25.7 Å². The lowest BCUT2D eigenvalue weighted by molar-refractivity contribution is -0.161. The van der Waals surface area contributed by atoms with E-state index in [4.69, 9.17) is 37.0 Å². The monoisotopic (exact) mass is 1090 g/mol. The summed E-state index contributed by atoms with van der Waals surface area (Å²) in [6.45, 7) is 11.4. The molecule has 0 rings (SSSR count). The van der Waals surface area contributed by atoms with Crippen LogP contribution in [-0.2, 0) is 65.4 Å². The summed E-state index contributed by atoms with van der Waals surface area (Å²) in [7, 11) is -9.86. The number of carbonyl (C=O) groups is 4. The Morgan fingerprint density at radius 2 is 0.699 bits per heavy atom. The van der Waals surface area contributed by atoms with Gasteiger partial charge in [-0.05, 0) is 43.4 Å². The van der Waals surface area contributed by atoms with Gasteiger partial charge in [0.2, 0.25) is 0 Å². The first-order chi connectivity index (χ1) is 34.8. The highest BCUT2D eigenvalue weighted by Gasteiger charge is 2.30. The van der Waals surface area contributed by atoms with Crippen molar-refractivity contribution in [1.82, 2.24) is 0 Å². The highest BCUT2D eigenvalue weighted by Crippen LogP contribution is 2.45. The molecule has 0 saturated carbocycles. The van der Waals surface area contributed by atoms with Crippen molar-refractivity contribution >= 4 is 39.5 Å². The van der Waals surface area contributed by atoms with Gasteiger partial charge in [0.1, 0.15) is 19.3 Å². The summed E-state index contributed by atoms with van der Waals surface area (Å²) >= 11 is 0. The van der Waals surface area contributed by atoms with Gasteiger partial charge in [0.25, 0.3) is 0 Å². The van der Waals surface area contributed by atoms with Crippen LogP contribution in [0.25, 0.3) is 0 Å². The minimum absolute atomic E-state index is 0.100. The molecule has 3 unspecified atom stereocenters. The van der Waals surface area contributed by atoms with E-state index in [0.29, 0.717) is 37.5 Å². The predicted molar refractivity (Wildman–Crippen MR) is 284 cm³/mol. The van der Waals surface area contributed by atoms with Crippen LogP contribution in [0.4, 0.5) is 0 Å². The molecule has 0 fully saturated rings. The topological polar surface area (TPSA) is 237 Å². The van der Waals surface area contributed by atoms with Crippen LogP contribution >= 0.6 is 15.6 Å². The van der Waals surface area contributed by atoms with E-state index in [9.17, 15) is 43.2 Å². The molecule has 0 aromatic carbocycles. The maximum Gasteiger partial charge on any atom is 0.472 e. The zero-order chi connectivity index (χ0) is 54.6. The van der Waals surface area contributed by atoms with Crippen LogP contribution in [0.3, 0.4) is 0 Å². The van der Waals surface area contributed by atoms with Gasteiger partial charge in [-0.15, -0.1) is 0 Å². The Bertz CT molecular complexity index is 1480. The SMILES string of the molecule is CCCCCCCC(=O)OC[C@H](COP(=O)(O)OC[C@H](O)COP(=O)(O)OC[C@@H](COC(=O)CCCCCCCCC(C)C)OC(=O)CCCCCCCCC(C)CC)OC(=O)CCCCCCCCC(C)C. The Morgan fingerprint density at radius 1 is 0.397 bits per heavy atom. The molecule has 0 amide bonds. The van der Waals surface area contributed by atoms with Crippen LogP contribution in [0, 0.1) is 17.8 Å². The van der Waals surface area contributed by atoms with Crippen molar-refractivity contribution in [2.75, 3.05) is 39.6 Å². The Labute approximate surface area is 441 Å². The summed E-state index contributed by atoms with van der Waals surface area (Å²) in [4.78, 5) is 71.4. The fraction of sp³-hybridized carbons (Fsp3) is 0.926. The molecule has 0 bridgehead atoms. The maximum atomic E-state index is 12.9. The van der Waals surface area contributed by atoms with Gasteiger partial charge in [0.15, 0.2) is 12.2 Å². The number of phosphoric ester groups is 2. The molecule has 0 aromatic heterocycles. The van der Waals surface area contributed by atoms with Gasteiger partial charge in [0.05, 0.1) is 26.4 Å². The lowest BCUT2D eigenvalue weighted by Gasteiger charge is -2.21. The van der Waals surface area contributed by atoms with Crippen LogP contribution in [0.5, 0.6) is 0 Å². The molecule has 0 aliphatic rings. The first-order valence-corrected chi connectivity index (χ1v) is 31.4. The van der Waals surface area contributed by atoms with E-state index in [2.05, 4.69) is 48.5 Å². The van der Waals surface area contributed by atoms with Crippen LogP contribution < -0.4 is 0 Å². The van der Waals surface area contributed by atoms with Gasteiger partial charge in [0, 0.05) is 25.7 Å². The Hall–Kier alpha value is -1.94.